The first-order chi connectivity index (χ1) is 20.5. The number of carbonyl (C=O) groups is 2. The van der Waals surface area contributed by atoms with Crippen molar-refractivity contribution in [2.24, 2.45) is 0 Å². The Balaban J connectivity index is 1.26. The van der Waals surface area contributed by atoms with Gasteiger partial charge in [-0.2, -0.15) is 0 Å². The Hall–Kier alpha value is -4.66. The SMILES string of the molecule is COc1ccc(NC(=O)COC(=O)C/C(=C/c2ccc(OCc3ccccc3)cc2)c2nc3ccccc3s2)cc1Cl. The molecule has 5 aromatic rings. The standard InChI is InChI=1S/C33H27ClN2O5S/c1-39-29-16-13-25(19-27(29)34)35-31(37)21-41-32(38)18-24(33-36-28-9-5-6-10-30(28)42-33)17-22-11-14-26(15-12-22)40-20-23-7-3-2-4-8-23/h2-17,19H,18,20-21H2,1H3,(H,35,37)/b24-17-. The van der Waals surface area contributed by atoms with Crippen molar-refractivity contribution in [3.63, 3.8) is 0 Å². The van der Waals surface area contributed by atoms with Gasteiger partial charge in [-0.05, 0) is 65.2 Å². The van der Waals surface area contributed by atoms with E-state index in [1.54, 1.807) is 18.2 Å². The summed E-state index contributed by atoms with van der Waals surface area (Å²) in [6.45, 7) is 0.0287. The van der Waals surface area contributed by atoms with Gasteiger partial charge >= 0.3 is 5.97 Å². The molecule has 7 nitrogen and oxygen atoms in total. The Labute approximate surface area is 252 Å². The van der Waals surface area contributed by atoms with E-state index in [-0.39, 0.29) is 6.42 Å². The van der Waals surface area contributed by atoms with Gasteiger partial charge < -0.3 is 19.5 Å². The van der Waals surface area contributed by atoms with Crippen LogP contribution in [-0.4, -0.2) is 30.6 Å². The van der Waals surface area contributed by atoms with Crippen LogP contribution < -0.4 is 14.8 Å². The minimum absolute atomic E-state index is 0.0618. The van der Waals surface area contributed by atoms with Crippen molar-refractivity contribution < 1.29 is 23.8 Å². The predicted octanol–water partition coefficient (Wildman–Crippen LogP) is 7.65. The van der Waals surface area contributed by atoms with Crippen molar-refractivity contribution in [2.75, 3.05) is 19.0 Å². The Morgan fingerprint density at radius 2 is 1.71 bits per heavy atom. The third-order valence-electron chi connectivity index (χ3n) is 6.17. The molecular weight excluding hydrogens is 572 g/mol. The van der Waals surface area contributed by atoms with Crippen LogP contribution in [0.3, 0.4) is 0 Å². The predicted molar refractivity (Wildman–Crippen MR) is 167 cm³/mol. The molecule has 9 heteroatoms. The van der Waals surface area contributed by atoms with Crippen LogP contribution in [0.15, 0.2) is 97.1 Å². The molecule has 0 unspecified atom stereocenters. The van der Waals surface area contributed by atoms with Gasteiger partial charge in [0, 0.05) is 5.69 Å². The van der Waals surface area contributed by atoms with Crippen molar-refractivity contribution >= 4 is 62.4 Å². The number of methoxy groups -OCH3 is 1. The van der Waals surface area contributed by atoms with Gasteiger partial charge in [-0.3, -0.25) is 9.59 Å². The number of aromatic nitrogens is 1. The maximum atomic E-state index is 12.9. The Kier molecular flexibility index (Phi) is 9.48. The number of nitrogens with zero attached hydrogens (tertiary/aromatic N) is 1. The number of fused-ring (bicyclic) bond motifs is 1. The molecule has 1 heterocycles. The molecule has 0 atom stereocenters. The number of halogens is 1. The molecule has 1 amide bonds. The van der Waals surface area contributed by atoms with Gasteiger partial charge in [0.25, 0.3) is 5.91 Å². The van der Waals surface area contributed by atoms with Crippen LogP contribution >= 0.6 is 22.9 Å². The van der Waals surface area contributed by atoms with Crippen LogP contribution in [0, 0.1) is 0 Å². The number of rotatable bonds is 11. The van der Waals surface area contributed by atoms with E-state index < -0.39 is 18.5 Å². The van der Waals surface area contributed by atoms with Crippen LogP contribution in [0.25, 0.3) is 21.9 Å². The minimum atomic E-state index is -0.550. The third-order valence-corrected chi connectivity index (χ3v) is 7.58. The van der Waals surface area contributed by atoms with E-state index in [9.17, 15) is 9.59 Å². The summed E-state index contributed by atoms with van der Waals surface area (Å²) < 4.78 is 17.3. The van der Waals surface area contributed by atoms with E-state index in [0.29, 0.717) is 33.6 Å². The normalized spacial score (nSPS) is 11.2. The highest BCUT2D eigenvalue weighted by atomic mass is 35.5. The fraction of sp³-hybridized carbons (Fsp3) is 0.121. The van der Waals surface area contributed by atoms with Gasteiger partial charge in [-0.25, -0.2) is 4.98 Å². The van der Waals surface area contributed by atoms with Crippen LogP contribution in [0.1, 0.15) is 22.6 Å². The van der Waals surface area contributed by atoms with Gasteiger partial charge in [-0.15, -0.1) is 11.3 Å². The lowest BCUT2D eigenvalue weighted by Gasteiger charge is -2.10. The number of anilines is 1. The van der Waals surface area contributed by atoms with Crippen LogP contribution in [-0.2, 0) is 20.9 Å². The molecule has 0 aliphatic rings. The Bertz CT molecular complexity index is 1690. The number of hydrogen-bond acceptors (Lipinski definition) is 7. The first-order valence-electron chi connectivity index (χ1n) is 13.1. The molecule has 212 valence electrons. The number of amides is 1. The summed E-state index contributed by atoms with van der Waals surface area (Å²) in [5.74, 6) is 0.193. The van der Waals surface area contributed by atoms with E-state index in [4.69, 9.17) is 30.8 Å². The number of hydrogen-bond donors (Lipinski definition) is 1. The monoisotopic (exact) mass is 598 g/mol. The number of thiazole rings is 1. The van der Waals surface area contributed by atoms with Crippen molar-refractivity contribution in [1.29, 1.82) is 0 Å². The van der Waals surface area contributed by atoms with E-state index in [0.717, 1.165) is 27.1 Å². The summed E-state index contributed by atoms with van der Waals surface area (Å²) in [5.41, 5.74) is 3.95. The summed E-state index contributed by atoms with van der Waals surface area (Å²) in [6, 6.07) is 30.2. The molecule has 4 aromatic carbocycles. The summed E-state index contributed by atoms with van der Waals surface area (Å²) in [5, 5.41) is 3.72. The van der Waals surface area contributed by atoms with E-state index in [2.05, 4.69) is 5.32 Å². The zero-order valence-corrected chi connectivity index (χ0v) is 24.3. The quantitative estimate of drug-likeness (QED) is 0.157. The summed E-state index contributed by atoms with van der Waals surface area (Å²) in [7, 11) is 1.51. The lowest BCUT2D eigenvalue weighted by molar-refractivity contribution is -0.146. The number of para-hydroxylation sites is 1. The molecule has 42 heavy (non-hydrogen) atoms. The highest BCUT2D eigenvalue weighted by Crippen LogP contribution is 2.31. The molecule has 0 radical (unpaired) electrons. The largest absolute Gasteiger partial charge is 0.495 e. The Morgan fingerprint density at radius 3 is 2.45 bits per heavy atom. The zero-order chi connectivity index (χ0) is 29.3. The maximum absolute atomic E-state index is 12.9. The lowest BCUT2D eigenvalue weighted by atomic mass is 10.1. The number of ether oxygens (including phenoxy) is 3. The van der Waals surface area contributed by atoms with Gasteiger partial charge in [0.05, 0.1) is 28.8 Å². The van der Waals surface area contributed by atoms with Crippen molar-refractivity contribution in [2.45, 2.75) is 13.0 Å². The maximum Gasteiger partial charge on any atom is 0.310 e. The van der Waals surface area contributed by atoms with Gasteiger partial charge in [0.15, 0.2) is 6.61 Å². The van der Waals surface area contributed by atoms with Crippen molar-refractivity contribution in [3.8, 4) is 11.5 Å². The van der Waals surface area contributed by atoms with Gasteiger partial charge in [0.2, 0.25) is 0 Å². The molecule has 1 aromatic heterocycles. The summed E-state index contributed by atoms with van der Waals surface area (Å²) in [6.07, 6.45) is 1.84. The second-order valence-corrected chi connectivity index (χ2v) is 10.7. The zero-order valence-electron chi connectivity index (χ0n) is 22.7. The minimum Gasteiger partial charge on any atom is -0.495 e. The molecule has 5 rings (SSSR count). The molecule has 1 N–H and O–H groups in total. The fourth-order valence-electron chi connectivity index (χ4n) is 4.09. The topological polar surface area (TPSA) is 86.8 Å². The molecule has 0 saturated carbocycles. The lowest BCUT2D eigenvalue weighted by Crippen LogP contribution is -2.21. The first-order valence-corrected chi connectivity index (χ1v) is 14.3. The molecule has 0 fully saturated rings. The number of carbonyl (C=O) groups excluding carboxylic acids is 2. The van der Waals surface area contributed by atoms with Crippen LogP contribution in [0.4, 0.5) is 5.69 Å². The number of esters is 1. The van der Waals surface area contributed by atoms with E-state index in [1.807, 2.05) is 84.9 Å². The summed E-state index contributed by atoms with van der Waals surface area (Å²) in [4.78, 5) is 30.0. The van der Waals surface area contributed by atoms with Gasteiger partial charge in [0.1, 0.15) is 23.1 Å². The number of benzene rings is 4. The molecule has 0 bridgehead atoms. The highest BCUT2D eigenvalue weighted by Gasteiger charge is 2.16. The molecule has 0 spiro atoms. The van der Waals surface area contributed by atoms with Gasteiger partial charge in [-0.1, -0.05) is 66.2 Å². The second-order valence-electron chi connectivity index (χ2n) is 9.23. The van der Waals surface area contributed by atoms with Crippen molar-refractivity contribution in [1.82, 2.24) is 4.98 Å². The van der Waals surface area contributed by atoms with Crippen LogP contribution in [0.2, 0.25) is 5.02 Å². The molecule has 0 aliphatic heterocycles. The molecule has 0 saturated heterocycles. The first kappa shape index (κ1) is 28.9. The molecular formula is C33H27ClN2O5S. The Morgan fingerprint density at radius 1 is 0.952 bits per heavy atom. The van der Waals surface area contributed by atoms with Crippen molar-refractivity contribution in [3.05, 3.63) is 118 Å². The third kappa shape index (κ3) is 7.75. The smallest absolute Gasteiger partial charge is 0.310 e. The molecule has 0 aliphatic carbocycles. The second kappa shape index (κ2) is 13.8. The highest BCUT2D eigenvalue weighted by molar-refractivity contribution is 7.19. The fourth-order valence-corrected chi connectivity index (χ4v) is 5.33. The number of nitrogens with one attached hydrogen (secondary N) is 1. The average Bonchev–Trinajstić information content (AvgIpc) is 3.45. The summed E-state index contributed by atoms with van der Waals surface area (Å²) >= 11 is 7.61. The van der Waals surface area contributed by atoms with E-state index in [1.165, 1.54) is 18.4 Å². The van der Waals surface area contributed by atoms with E-state index >= 15 is 0 Å². The van der Waals surface area contributed by atoms with Crippen LogP contribution in [0.5, 0.6) is 11.5 Å². The average molecular weight is 599 g/mol.